The van der Waals surface area contributed by atoms with Crippen LogP contribution in [0.5, 0.6) is 5.75 Å². The Morgan fingerprint density at radius 3 is 2.67 bits per heavy atom. The number of carbonyl (C=O) groups excluding carboxylic acids is 2. The number of anilines is 1. The molecule has 1 aliphatic rings. The number of nitrogens with zero attached hydrogens (tertiary/aromatic N) is 4. The number of methoxy groups -OCH3 is 1. The minimum absolute atomic E-state index is 0.0212. The molecule has 0 radical (unpaired) electrons. The molecule has 9 heteroatoms. The molecule has 2 aromatic heterocycles. The van der Waals surface area contributed by atoms with Gasteiger partial charge in [-0.1, -0.05) is 30.3 Å². The van der Waals surface area contributed by atoms with Crippen LogP contribution in [0.15, 0.2) is 60.0 Å². The number of benzene rings is 2. The van der Waals surface area contributed by atoms with Crippen molar-refractivity contribution in [3.8, 4) is 17.0 Å². The Morgan fingerprint density at radius 1 is 1.18 bits per heavy atom. The van der Waals surface area contributed by atoms with Crippen molar-refractivity contribution in [2.45, 2.75) is 19.4 Å². The Morgan fingerprint density at radius 2 is 1.94 bits per heavy atom. The number of aromatic nitrogens is 3. The Bertz CT molecular complexity index is 1300. The van der Waals surface area contributed by atoms with Gasteiger partial charge in [0.25, 0.3) is 0 Å². The van der Waals surface area contributed by atoms with Gasteiger partial charge in [0.05, 0.1) is 24.8 Å². The average Bonchev–Trinajstić information content (AvgIpc) is 3.53. The van der Waals surface area contributed by atoms with E-state index in [9.17, 15) is 9.59 Å². The molecule has 1 aliphatic heterocycles. The largest absolute Gasteiger partial charge is 0.497 e. The summed E-state index contributed by atoms with van der Waals surface area (Å²) in [5.41, 5.74) is 2.90. The van der Waals surface area contributed by atoms with Crippen molar-refractivity contribution in [3.63, 3.8) is 0 Å². The molecule has 0 spiro atoms. The van der Waals surface area contributed by atoms with Crippen molar-refractivity contribution in [3.05, 3.63) is 65.5 Å². The summed E-state index contributed by atoms with van der Waals surface area (Å²) in [5.74, 6) is 0.316. The van der Waals surface area contributed by atoms with Gasteiger partial charge in [-0.05, 0) is 36.8 Å². The summed E-state index contributed by atoms with van der Waals surface area (Å²) >= 11 is 1.45. The molecule has 0 aliphatic carbocycles. The maximum absolute atomic E-state index is 12.9. The van der Waals surface area contributed by atoms with Gasteiger partial charge in [-0.25, -0.2) is 4.52 Å². The normalized spacial score (nSPS) is 16.8. The lowest BCUT2D eigenvalue weighted by molar-refractivity contribution is -0.129. The fourth-order valence-electron chi connectivity index (χ4n) is 4.10. The van der Waals surface area contributed by atoms with Crippen molar-refractivity contribution in [1.29, 1.82) is 0 Å². The number of likely N-dealkylation sites (tertiary alicyclic amines) is 1. The molecule has 2 unspecified atom stereocenters. The average molecular weight is 462 g/mol. The maximum Gasteiger partial charge on any atom is 0.250 e. The first-order valence-electron chi connectivity index (χ1n) is 10.7. The highest BCUT2D eigenvalue weighted by Gasteiger charge is 2.37. The standard InChI is InChI=1S/C24H23N5O3S/c1-15(16-6-4-3-5-7-16)28-13-18(12-21(28)30)22(31)25-23-26-24-29(27-23)20(14-33-24)17-8-10-19(32-2)11-9-17/h3-11,14-15,18H,12-13H2,1-2H3,(H,25,27,31). The highest BCUT2D eigenvalue weighted by Crippen LogP contribution is 2.30. The number of rotatable bonds is 6. The molecule has 1 saturated heterocycles. The molecule has 5 rings (SSSR count). The van der Waals surface area contributed by atoms with Crippen LogP contribution in [0.2, 0.25) is 0 Å². The van der Waals surface area contributed by atoms with Crippen LogP contribution in [-0.2, 0) is 9.59 Å². The summed E-state index contributed by atoms with van der Waals surface area (Å²) in [6.07, 6.45) is 0.183. The molecule has 3 heterocycles. The second kappa shape index (κ2) is 8.67. The van der Waals surface area contributed by atoms with Gasteiger partial charge in [-0.2, -0.15) is 4.98 Å². The Hall–Kier alpha value is -3.72. The zero-order valence-corrected chi connectivity index (χ0v) is 19.1. The smallest absolute Gasteiger partial charge is 0.250 e. The van der Waals surface area contributed by atoms with E-state index in [0.717, 1.165) is 22.6 Å². The fraction of sp³-hybridized carbons (Fsp3) is 0.250. The number of hydrogen-bond acceptors (Lipinski definition) is 6. The number of fused-ring (bicyclic) bond motifs is 1. The first kappa shape index (κ1) is 21.1. The zero-order chi connectivity index (χ0) is 22.9. The van der Waals surface area contributed by atoms with Crippen LogP contribution in [0.25, 0.3) is 16.2 Å². The highest BCUT2D eigenvalue weighted by molar-refractivity contribution is 7.15. The summed E-state index contributed by atoms with van der Waals surface area (Å²) in [6, 6.07) is 17.4. The first-order chi connectivity index (χ1) is 16.0. The molecule has 2 atom stereocenters. The number of carbonyl (C=O) groups is 2. The van der Waals surface area contributed by atoms with E-state index in [1.54, 1.807) is 16.5 Å². The van der Waals surface area contributed by atoms with Crippen molar-refractivity contribution in [1.82, 2.24) is 19.5 Å². The minimum atomic E-state index is -0.439. The van der Waals surface area contributed by atoms with Gasteiger partial charge in [0, 0.05) is 23.9 Å². The van der Waals surface area contributed by atoms with E-state index < -0.39 is 5.92 Å². The second-order valence-corrected chi connectivity index (χ2v) is 8.84. The molecule has 4 aromatic rings. The lowest BCUT2D eigenvalue weighted by Gasteiger charge is -2.25. The van der Waals surface area contributed by atoms with E-state index in [1.165, 1.54) is 11.3 Å². The summed E-state index contributed by atoms with van der Waals surface area (Å²) in [4.78, 5) is 32.4. The van der Waals surface area contributed by atoms with Gasteiger partial charge in [0.1, 0.15) is 5.75 Å². The van der Waals surface area contributed by atoms with Crippen LogP contribution in [0.3, 0.4) is 0 Å². The van der Waals surface area contributed by atoms with Crippen LogP contribution in [0, 0.1) is 5.92 Å². The predicted octanol–water partition coefficient (Wildman–Crippen LogP) is 4.01. The molecule has 1 N–H and O–H groups in total. The summed E-state index contributed by atoms with van der Waals surface area (Å²) in [6.45, 7) is 2.36. The van der Waals surface area contributed by atoms with E-state index in [2.05, 4.69) is 15.4 Å². The van der Waals surface area contributed by atoms with Crippen LogP contribution < -0.4 is 10.1 Å². The molecule has 168 valence electrons. The molecular formula is C24H23N5O3S. The van der Waals surface area contributed by atoms with Crippen LogP contribution in [0.1, 0.15) is 24.9 Å². The van der Waals surface area contributed by atoms with Gasteiger partial charge >= 0.3 is 0 Å². The van der Waals surface area contributed by atoms with Crippen LogP contribution >= 0.6 is 11.3 Å². The van der Waals surface area contributed by atoms with Crippen molar-refractivity contribution in [2.24, 2.45) is 5.92 Å². The molecule has 8 nitrogen and oxygen atoms in total. The molecular weight excluding hydrogens is 438 g/mol. The quantitative estimate of drug-likeness (QED) is 0.469. The molecule has 33 heavy (non-hydrogen) atoms. The van der Waals surface area contributed by atoms with E-state index in [0.29, 0.717) is 11.5 Å². The van der Waals surface area contributed by atoms with Crippen molar-refractivity contribution in [2.75, 3.05) is 19.0 Å². The third kappa shape index (κ3) is 4.07. The van der Waals surface area contributed by atoms with Crippen LogP contribution in [-0.4, -0.2) is 45.0 Å². The van der Waals surface area contributed by atoms with E-state index in [-0.39, 0.29) is 30.2 Å². The van der Waals surface area contributed by atoms with Gasteiger partial charge in [0.2, 0.25) is 22.7 Å². The highest BCUT2D eigenvalue weighted by atomic mass is 32.1. The summed E-state index contributed by atoms with van der Waals surface area (Å²) in [7, 11) is 1.63. The first-order valence-corrected chi connectivity index (χ1v) is 11.6. The molecule has 1 fully saturated rings. The van der Waals surface area contributed by atoms with Gasteiger partial charge in [-0.15, -0.1) is 16.4 Å². The number of amides is 2. The van der Waals surface area contributed by atoms with E-state index in [4.69, 9.17) is 4.74 Å². The topological polar surface area (TPSA) is 88.8 Å². The summed E-state index contributed by atoms with van der Waals surface area (Å²) < 4.78 is 6.93. The zero-order valence-electron chi connectivity index (χ0n) is 18.3. The van der Waals surface area contributed by atoms with E-state index in [1.807, 2.05) is 66.9 Å². The number of ether oxygens (including phenoxy) is 1. The number of nitrogens with one attached hydrogen (secondary N) is 1. The van der Waals surface area contributed by atoms with E-state index >= 15 is 0 Å². The molecule has 2 aromatic carbocycles. The van der Waals surface area contributed by atoms with Gasteiger partial charge in [0.15, 0.2) is 0 Å². The Balaban J connectivity index is 1.29. The fourth-order valence-corrected chi connectivity index (χ4v) is 4.93. The summed E-state index contributed by atoms with van der Waals surface area (Å²) in [5, 5.41) is 9.25. The number of thiazole rings is 1. The third-order valence-electron chi connectivity index (χ3n) is 5.98. The second-order valence-electron chi connectivity index (χ2n) is 8.00. The third-order valence-corrected chi connectivity index (χ3v) is 6.80. The SMILES string of the molecule is COc1ccc(-c2csc3nc(NC(=O)C4CC(=O)N(C(C)c5ccccc5)C4)nn23)cc1. The monoisotopic (exact) mass is 461 g/mol. The predicted molar refractivity (Wildman–Crippen MR) is 126 cm³/mol. The molecule has 0 saturated carbocycles. The Labute approximate surface area is 194 Å². The van der Waals surface area contributed by atoms with Crippen molar-refractivity contribution < 1.29 is 14.3 Å². The molecule has 0 bridgehead atoms. The number of hydrogen-bond donors (Lipinski definition) is 1. The maximum atomic E-state index is 12.9. The molecule has 2 amide bonds. The lowest BCUT2D eigenvalue weighted by atomic mass is 10.1. The Kier molecular flexibility index (Phi) is 5.55. The van der Waals surface area contributed by atoms with Crippen LogP contribution in [0.4, 0.5) is 5.95 Å². The minimum Gasteiger partial charge on any atom is -0.497 e. The van der Waals surface area contributed by atoms with Gasteiger partial charge in [-0.3, -0.25) is 14.9 Å². The van der Waals surface area contributed by atoms with Gasteiger partial charge < -0.3 is 9.64 Å². The van der Waals surface area contributed by atoms with Crippen molar-refractivity contribution >= 4 is 34.1 Å². The lowest BCUT2D eigenvalue weighted by Crippen LogP contribution is -2.30.